The third-order valence-corrected chi connectivity index (χ3v) is 1.88. The largest absolute Gasteiger partial charge is 0.370 e. The van der Waals surface area contributed by atoms with Gasteiger partial charge in [0.25, 0.3) is 0 Å². The van der Waals surface area contributed by atoms with Gasteiger partial charge in [-0.1, -0.05) is 13.8 Å². The number of rotatable bonds is 5. The molecule has 1 aromatic rings. The van der Waals surface area contributed by atoms with E-state index in [0.717, 1.165) is 25.2 Å². The number of aromatic nitrogens is 2. The van der Waals surface area contributed by atoms with Crippen molar-refractivity contribution in [3.8, 4) is 0 Å². The number of imidazole rings is 1. The predicted octanol–water partition coefficient (Wildman–Crippen LogP) is 0.512. The van der Waals surface area contributed by atoms with Gasteiger partial charge in [0, 0.05) is 31.4 Å². The molecule has 0 spiro atoms. The highest BCUT2D eigenvalue weighted by Crippen LogP contribution is 1.92. The van der Waals surface area contributed by atoms with Gasteiger partial charge in [0.2, 0.25) is 0 Å². The summed E-state index contributed by atoms with van der Waals surface area (Å²) in [4.78, 5) is 11.2. The van der Waals surface area contributed by atoms with E-state index in [-0.39, 0.29) is 0 Å². The number of hydrogen-bond acceptors (Lipinski definition) is 2. The minimum absolute atomic E-state index is 0.517. The van der Waals surface area contributed by atoms with E-state index in [9.17, 15) is 0 Å². The quantitative estimate of drug-likeness (QED) is 0.488. The summed E-state index contributed by atoms with van der Waals surface area (Å²) in [5.41, 5.74) is 6.77. The molecule has 4 N–H and O–H groups in total. The summed E-state index contributed by atoms with van der Waals surface area (Å²) in [7, 11) is 0. The summed E-state index contributed by atoms with van der Waals surface area (Å²) >= 11 is 0. The maximum atomic E-state index is 5.67. The fourth-order valence-electron chi connectivity index (χ4n) is 1.08. The van der Waals surface area contributed by atoms with Gasteiger partial charge in [-0.2, -0.15) is 0 Å². The zero-order valence-corrected chi connectivity index (χ0v) is 9.33. The van der Waals surface area contributed by atoms with Crippen molar-refractivity contribution in [3.63, 3.8) is 0 Å². The summed E-state index contributed by atoms with van der Waals surface area (Å²) in [6.45, 7) is 5.77. The number of guanidine groups is 1. The molecule has 0 aliphatic rings. The minimum Gasteiger partial charge on any atom is -0.370 e. The molecule has 1 aromatic heterocycles. The number of aromatic amines is 1. The second-order valence-electron chi connectivity index (χ2n) is 3.87. The first-order valence-electron chi connectivity index (χ1n) is 5.19. The van der Waals surface area contributed by atoms with Crippen LogP contribution in [0.4, 0.5) is 0 Å². The van der Waals surface area contributed by atoms with Crippen LogP contribution < -0.4 is 11.1 Å². The molecule has 1 rings (SSSR count). The molecule has 0 atom stereocenters. The summed E-state index contributed by atoms with van der Waals surface area (Å²) in [6, 6.07) is 0. The highest BCUT2D eigenvalue weighted by atomic mass is 15.1. The Balaban J connectivity index is 2.17. The Morgan fingerprint density at radius 1 is 1.67 bits per heavy atom. The van der Waals surface area contributed by atoms with Crippen molar-refractivity contribution in [2.75, 3.05) is 13.1 Å². The standard InChI is InChI=1S/C10H19N5/c1-8(2)5-14-10(11)13-4-3-9-6-12-7-15-9/h6-8H,3-5H2,1-2H3,(H,12,15)(H3,11,13,14). The van der Waals surface area contributed by atoms with E-state index in [0.29, 0.717) is 11.9 Å². The molecule has 5 nitrogen and oxygen atoms in total. The van der Waals surface area contributed by atoms with Crippen molar-refractivity contribution in [2.24, 2.45) is 16.6 Å². The molecule has 0 aromatic carbocycles. The van der Waals surface area contributed by atoms with Gasteiger partial charge in [0.05, 0.1) is 6.33 Å². The van der Waals surface area contributed by atoms with Crippen LogP contribution in [-0.4, -0.2) is 29.0 Å². The van der Waals surface area contributed by atoms with Crippen LogP contribution in [0.5, 0.6) is 0 Å². The Kier molecular flexibility index (Phi) is 4.66. The molecular weight excluding hydrogens is 190 g/mol. The molecule has 0 aliphatic heterocycles. The van der Waals surface area contributed by atoms with Gasteiger partial charge in [0.1, 0.15) is 0 Å². The molecule has 1 heterocycles. The van der Waals surface area contributed by atoms with Crippen molar-refractivity contribution in [1.82, 2.24) is 15.3 Å². The average Bonchev–Trinajstić information content (AvgIpc) is 2.67. The van der Waals surface area contributed by atoms with Crippen LogP contribution in [0.3, 0.4) is 0 Å². The van der Waals surface area contributed by atoms with Gasteiger partial charge in [-0.25, -0.2) is 4.98 Å². The van der Waals surface area contributed by atoms with Crippen molar-refractivity contribution >= 4 is 5.96 Å². The van der Waals surface area contributed by atoms with Gasteiger partial charge in [-0.3, -0.25) is 4.99 Å². The molecule has 84 valence electrons. The number of H-pyrrole nitrogens is 1. The van der Waals surface area contributed by atoms with E-state index in [1.54, 1.807) is 6.33 Å². The Labute approximate surface area is 90.2 Å². The van der Waals surface area contributed by atoms with Crippen LogP contribution in [0.2, 0.25) is 0 Å². The van der Waals surface area contributed by atoms with Gasteiger partial charge >= 0.3 is 0 Å². The predicted molar refractivity (Wildman–Crippen MR) is 61.6 cm³/mol. The first kappa shape index (κ1) is 11.6. The first-order valence-corrected chi connectivity index (χ1v) is 5.19. The van der Waals surface area contributed by atoms with Gasteiger partial charge in [0.15, 0.2) is 5.96 Å². The van der Waals surface area contributed by atoms with Gasteiger partial charge in [-0.05, 0) is 5.92 Å². The normalized spacial score (nSPS) is 12.1. The van der Waals surface area contributed by atoms with E-state index < -0.39 is 0 Å². The molecule has 0 radical (unpaired) electrons. The van der Waals surface area contributed by atoms with Crippen molar-refractivity contribution in [2.45, 2.75) is 20.3 Å². The second-order valence-corrected chi connectivity index (χ2v) is 3.87. The molecule has 0 saturated carbocycles. The fraction of sp³-hybridized carbons (Fsp3) is 0.600. The average molecular weight is 209 g/mol. The Morgan fingerprint density at radius 2 is 2.47 bits per heavy atom. The lowest BCUT2D eigenvalue weighted by Crippen LogP contribution is -2.33. The topological polar surface area (TPSA) is 79.1 Å². The lowest BCUT2D eigenvalue weighted by atomic mass is 10.2. The Bertz CT molecular complexity index is 289. The van der Waals surface area contributed by atoms with E-state index >= 15 is 0 Å². The van der Waals surface area contributed by atoms with Gasteiger partial charge in [-0.15, -0.1) is 0 Å². The summed E-state index contributed by atoms with van der Waals surface area (Å²) in [6.07, 6.45) is 4.35. The van der Waals surface area contributed by atoms with Crippen LogP contribution in [0.25, 0.3) is 0 Å². The molecule has 0 fully saturated rings. The van der Waals surface area contributed by atoms with Crippen LogP contribution >= 0.6 is 0 Å². The lowest BCUT2D eigenvalue weighted by Gasteiger charge is -2.05. The molecule has 0 amide bonds. The van der Waals surface area contributed by atoms with E-state index in [1.165, 1.54) is 0 Å². The molecular formula is C10H19N5. The van der Waals surface area contributed by atoms with Crippen LogP contribution in [0.1, 0.15) is 19.5 Å². The summed E-state index contributed by atoms with van der Waals surface area (Å²) in [5, 5.41) is 3.06. The maximum Gasteiger partial charge on any atom is 0.188 e. The molecule has 15 heavy (non-hydrogen) atoms. The van der Waals surface area contributed by atoms with Crippen molar-refractivity contribution in [3.05, 3.63) is 18.2 Å². The highest BCUT2D eigenvalue weighted by Gasteiger charge is 1.95. The first-order chi connectivity index (χ1) is 7.18. The third kappa shape index (κ3) is 5.05. The lowest BCUT2D eigenvalue weighted by molar-refractivity contribution is 0.661. The maximum absolute atomic E-state index is 5.67. The minimum atomic E-state index is 0.517. The molecule has 0 bridgehead atoms. The monoisotopic (exact) mass is 209 g/mol. The molecule has 0 saturated heterocycles. The number of nitrogens with one attached hydrogen (secondary N) is 2. The number of aliphatic imine (C=N–C) groups is 1. The van der Waals surface area contributed by atoms with E-state index in [1.807, 2.05) is 6.20 Å². The van der Waals surface area contributed by atoms with Crippen molar-refractivity contribution < 1.29 is 0 Å². The molecule has 0 aliphatic carbocycles. The number of hydrogen-bond donors (Lipinski definition) is 3. The number of nitrogens with zero attached hydrogens (tertiary/aromatic N) is 2. The molecule has 0 unspecified atom stereocenters. The van der Waals surface area contributed by atoms with Crippen LogP contribution in [0.15, 0.2) is 17.5 Å². The Hall–Kier alpha value is -1.52. The zero-order valence-electron chi connectivity index (χ0n) is 9.33. The Morgan fingerprint density at radius 3 is 3.07 bits per heavy atom. The number of nitrogens with two attached hydrogens (primary N) is 1. The smallest absolute Gasteiger partial charge is 0.188 e. The fourth-order valence-corrected chi connectivity index (χ4v) is 1.08. The highest BCUT2D eigenvalue weighted by molar-refractivity contribution is 5.77. The third-order valence-electron chi connectivity index (χ3n) is 1.88. The van der Waals surface area contributed by atoms with E-state index in [4.69, 9.17) is 5.73 Å². The molecule has 5 heteroatoms. The summed E-state index contributed by atoms with van der Waals surface area (Å²) < 4.78 is 0. The SMILES string of the molecule is CC(C)CN=C(N)NCCc1cnc[nH]1. The van der Waals surface area contributed by atoms with Crippen molar-refractivity contribution in [1.29, 1.82) is 0 Å². The van der Waals surface area contributed by atoms with Crippen LogP contribution in [-0.2, 0) is 6.42 Å². The van der Waals surface area contributed by atoms with E-state index in [2.05, 4.69) is 34.1 Å². The zero-order chi connectivity index (χ0) is 11.1. The second kappa shape index (κ2) is 6.06. The van der Waals surface area contributed by atoms with Crippen LogP contribution in [0, 0.1) is 5.92 Å². The van der Waals surface area contributed by atoms with Gasteiger partial charge < -0.3 is 16.0 Å². The summed E-state index contributed by atoms with van der Waals surface area (Å²) in [5.74, 6) is 1.06.